The lowest BCUT2D eigenvalue weighted by atomic mass is 9.98. The average Bonchev–Trinajstić information content (AvgIpc) is 2.99. The van der Waals surface area contributed by atoms with Gasteiger partial charge in [0.05, 0.1) is 11.2 Å². The van der Waals surface area contributed by atoms with Crippen molar-refractivity contribution in [2.24, 2.45) is 16.9 Å². The van der Waals surface area contributed by atoms with E-state index in [-0.39, 0.29) is 11.2 Å². The van der Waals surface area contributed by atoms with Crippen LogP contribution in [0.2, 0.25) is 0 Å². The highest BCUT2D eigenvalue weighted by atomic mass is 35.5. The molecule has 0 saturated carbocycles. The number of amidine groups is 1. The number of unbranched alkanes of at least 4 members (excludes halogenated alkanes) is 1. The molecule has 1 aliphatic rings. The van der Waals surface area contributed by atoms with Gasteiger partial charge in [-0.15, -0.1) is 11.6 Å². The van der Waals surface area contributed by atoms with Crippen LogP contribution in [0.5, 0.6) is 0 Å². The summed E-state index contributed by atoms with van der Waals surface area (Å²) in [5, 5.41) is 15.0. The maximum atomic E-state index is 11.7. The van der Waals surface area contributed by atoms with Gasteiger partial charge in [0.2, 0.25) is 0 Å². The van der Waals surface area contributed by atoms with Crippen LogP contribution < -0.4 is 15.6 Å². The van der Waals surface area contributed by atoms with Crippen molar-refractivity contribution in [2.45, 2.75) is 58.1 Å². The van der Waals surface area contributed by atoms with Crippen molar-refractivity contribution in [2.75, 3.05) is 35.3 Å². The number of hydrazone groups is 1. The molecular formula is C32H44Cl2N4O2S. The van der Waals surface area contributed by atoms with Crippen LogP contribution in [-0.4, -0.2) is 47.0 Å². The molecule has 0 aliphatic carbocycles. The summed E-state index contributed by atoms with van der Waals surface area (Å²) in [6, 6.07) is 8.20. The Morgan fingerprint density at radius 1 is 1.34 bits per heavy atom. The Labute approximate surface area is 260 Å². The van der Waals surface area contributed by atoms with E-state index in [1.807, 2.05) is 68.5 Å². The lowest BCUT2D eigenvalue weighted by Gasteiger charge is -2.34. The molecule has 224 valence electrons. The van der Waals surface area contributed by atoms with Crippen LogP contribution in [0, 0.1) is 5.92 Å². The van der Waals surface area contributed by atoms with Gasteiger partial charge in [-0.05, 0) is 68.0 Å². The second-order valence-electron chi connectivity index (χ2n) is 9.81. The number of nitrogens with two attached hydrogens (primary N) is 1. The summed E-state index contributed by atoms with van der Waals surface area (Å²) >= 11 is 13.9. The van der Waals surface area contributed by atoms with Gasteiger partial charge in [-0.1, -0.05) is 86.7 Å². The largest absolute Gasteiger partial charge is 0.481 e. The Bertz CT molecular complexity index is 1160. The minimum Gasteiger partial charge on any atom is -0.481 e. The van der Waals surface area contributed by atoms with E-state index < -0.39 is 5.97 Å². The summed E-state index contributed by atoms with van der Waals surface area (Å²) in [7, 11) is 0. The Hall–Kier alpha value is -2.61. The van der Waals surface area contributed by atoms with E-state index in [0.29, 0.717) is 29.0 Å². The molecule has 41 heavy (non-hydrogen) atoms. The van der Waals surface area contributed by atoms with E-state index in [4.69, 9.17) is 29.0 Å². The van der Waals surface area contributed by atoms with Crippen LogP contribution >= 0.6 is 35.0 Å². The van der Waals surface area contributed by atoms with Gasteiger partial charge in [-0.2, -0.15) is 5.10 Å². The lowest BCUT2D eigenvalue weighted by Crippen LogP contribution is -2.39. The molecular weight excluding hydrogens is 575 g/mol. The number of hydrogen-bond donors (Lipinski definition) is 2. The van der Waals surface area contributed by atoms with Crippen molar-refractivity contribution >= 4 is 57.5 Å². The smallest absolute Gasteiger partial charge is 0.308 e. The number of carboxylic acid groups (broad SMARTS) is 1. The molecule has 2 atom stereocenters. The van der Waals surface area contributed by atoms with Gasteiger partial charge < -0.3 is 20.7 Å². The molecule has 6 nitrogen and oxygen atoms in total. The normalized spacial score (nSPS) is 17.8. The molecule has 0 bridgehead atoms. The number of aliphatic carboxylic acids is 1. The number of thioether (sulfide) groups is 1. The van der Waals surface area contributed by atoms with Gasteiger partial charge in [0.1, 0.15) is 0 Å². The van der Waals surface area contributed by atoms with Crippen LogP contribution in [-0.2, 0) is 4.79 Å². The topological polar surface area (TPSA) is 82.2 Å². The van der Waals surface area contributed by atoms with Gasteiger partial charge in [0.15, 0.2) is 5.17 Å². The molecule has 3 N–H and O–H groups in total. The van der Waals surface area contributed by atoms with E-state index >= 15 is 0 Å². The number of rotatable bonds is 14. The summed E-state index contributed by atoms with van der Waals surface area (Å²) in [5.41, 5.74) is 3.83. The average molecular weight is 620 g/mol. The summed E-state index contributed by atoms with van der Waals surface area (Å²) in [6.45, 7) is 12.6. The highest BCUT2D eigenvalue weighted by Crippen LogP contribution is 2.34. The molecule has 1 aliphatic heterocycles. The fourth-order valence-electron chi connectivity index (χ4n) is 4.60. The Morgan fingerprint density at radius 3 is 2.76 bits per heavy atom. The number of alkyl halides is 1. The van der Waals surface area contributed by atoms with Crippen molar-refractivity contribution < 1.29 is 9.90 Å². The molecule has 2 rings (SSSR count). The molecule has 9 heteroatoms. The van der Waals surface area contributed by atoms with Crippen molar-refractivity contribution in [1.82, 2.24) is 0 Å². The predicted octanol–water partition coefficient (Wildman–Crippen LogP) is 8.31. The molecule has 1 heterocycles. The molecule has 0 aromatic heterocycles. The van der Waals surface area contributed by atoms with Gasteiger partial charge in [0, 0.05) is 41.9 Å². The van der Waals surface area contributed by atoms with Crippen molar-refractivity contribution in [3.8, 4) is 0 Å². The van der Waals surface area contributed by atoms with Gasteiger partial charge in [-0.25, -0.2) is 0 Å². The quantitative estimate of drug-likeness (QED) is 0.0545. The van der Waals surface area contributed by atoms with Gasteiger partial charge >= 0.3 is 5.97 Å². The number of carbonyl (C=O) groups is 1. The monoisotopic (exact) mass is 618 g/mol. The number of nitrogens with zero attached hydrogens (tertiary/aromatic N) is 3. The Morgan fingerprint density at radius 2 is 2.12 bits per heavy atom. The fraction of sp³-hybridized carbons (Fsp3) is 0.438. The predicted molar refractivity (Wildman–Crippen MR) is 180 cm³/mol. The van der Waals surface area contributed by atoms with Crippen molar-refractivity contribution in [3.05, 3.63) is 83.5 Å². The van der Waals surface area contributed by atoms with Crippen LogP contribution in [0.4, 0.5) is 11.4 Å². The number of carboxylic acids is 1. The van der Waals surface area contributed by atoms with Crippen LogP contribution in [0.1, 0.15) is 52.9 Å². The molecule has 1 aromatic carbocycles. The summed E-state index contributed by atoms with van der Waals surface area (Å²) in [4.78, 5) is 16.0. The van der Waals surface area contributed by atoms with E-state index in [1.54, 1.807) is 0 Å². The number of hydrogen-bond acceptors (Lipinski definition) is 5. The number of anilines is 2. The van der Waals surface area contributed by atoms with E-state index in [2.05, 4.69) is 34.5 Å². The first-order chi connectivity index (χ1) is 19.8. The van der Waals surface area contributed by atoms with Crippen molar-refractivity contribution in [1.29, 1.82) is 0 Å². The lowest BCUT2D eigenvalue weighted by molar-refractivity contribution is -0.141. The molecule has 1 aromatic rings. The molecule has 1 fully saturated rings. The second kappa shape index (κ2) is 18.7. The zero-order chi connectivity index (χ0) is 30.2. The zero-order valence-corrected chi connectivity index (χ0v) is 26.8. The minimum atomic E-state index is -0.737. The van der Waals surface area contributed by atoms with Crippen LogP contribution in [0.3, 0.4) is 0 Å². The summed E-state index contributed by atoms with van der Waals surface area (Å²) in [5.74, 6) is 5.38. The third-order valence-corrected chi connectivity index (χ3v) is 8.61. The first-order valence-electron chi connectivity index (χ1n) is 14.2. The number of halogens is 2. The van der Waals surface area contributed by atoms with Crippen LogP contribution in [0.15, 0.2) is 88.6 Å². The number of allylic oxidation sites excluding steroid dienone is 7. The zero-order valence-electron chi connectivity index (χ0n) is 24.4. The number of piperidine rings is 1. The van der Waals surface area contributed by atoms with E-state index in [0.717, 1.165) is 61.3 Å². The third-order valence-electron chi connectivity index (χ3n) is 6.81. The Kier molecular flexibility index (Phi) is 15.8. The summed E-state index contributed by atoms with van der Waals surface area (Å²) < 4.78 is 0. The Balaban J connectivity index is 2.46. The standard InChI is InChI=1S/C32H44Cl2N4O2S/c1-5-8-21-38(29-16-9-15-28(22-29)37-20-11-14-26(23-37)31(39)40)32(36-35)41-30(25(7-3)13-10-19-33)24(4)17-18-27(34)12-6-2/h7,9-10,12-13,15-18,22,26,30H,4-6,8,11,14,19-21,23,35H2,1-3H3,(H,39,40)/b13-10-,18-17-,25-7+,27-12+,36-32+. The molecule has 2 unspecified atom stereocenters. The molecule has 1 saturated heterocycles. The molecule has 0 amide bonds. The van der Waals surface area contributed by atoms with Gasteiger partial charge in [-0.3, -0.25) is 4.79 Å². The first-order valence-corrected chi connectivity index (χ1v) is 16.0. The first kappa shape index (κ1) is 34.6. The third kappa shape index (κ3) is 11.0. The molecule has 0 spiro atoms. The highest BCUT2D eigenvalue weighted by molar-refractivity contribution is 8.15. The van der Waals surface area contributed by atoms with Gasteiger partial charge in [0.25, 0.3) is 0 Å². The maximum Gasteiger partial charge on any atom is 0.308 e. The SMILES string of the molecule is C=C(/C=C\C(Cl)=C/CC)C(S/C(=N/N)N(CCCC)c1cccc(N2CCCC(C(=O)O)C2)c1)C(/C=C\CCl)=C/C. The van der Waals surface area contributed by atoms with E-state index in [1.165, 1.54) is 11.8 Å². The van der Waals surface area contributed by atoms with Crippen LogP contribution in [0.25, 0.3) is 0 Å². The fourth-order valence-corrected chi connectivity index (χ4v) is 6.08. The number of benzene rings is 1. The van der Waals surface area contributed by atoms with Crippen molar-refractivity contribution in [3.63, 3.8) is 0 Å². The minimum absolute atomic E-state index is 0.185. The van der Waals surface area contributed by atoms with E-state index in [9.17, 15) is 9.90 Å². The highest BCUT2D eigenvalue weighted by Gasteiger charge is 2.27. The maximum absolute atomic E-state index is 11.7. The summed E-state index contributed by atoms with van der Waals surface area (Å²) in [6.07, 6.45) is 16.1. The molecule has 0 radical (unpaired) electrons. The second-order valence-corrected chi connectivity index (χ2v) is 11.6.